The molecule has 1 N–H and O–H groups in total. The van der Waals surface area contributed by atoms with Gasteiger partial charge in [-0.1, -0.05) is 60.6 Å². The normalized spacial score (nSPS) is 19.8. The minimum absolute atomic E-state index is 0.162. The number of benzene rings is 3. The van der Waals surface area contributed by atoms with E-state index in [1.54, 1.807) is 28.8 Å². The van der Waals surface area contributed by atoms with Gasteiger partial charge in [-0.2, -0.15) is 0 Å². The topological polar surface area (TPSA) is 88.2 Å². The van der Waals surface area contributed by atoms with Gasteiger partial charge in [0.1, 0.15) is 24.1 Å². The first-order valence-corrected chi connectivity index (χ1v) is 15.4. The third kappa shape index (κ3) is 6.63. The molecule has 2 fully saturated rings. The van der Waals surface area contributed by atoms with Crippen molar-refractivity contribution in [3.8, 4) is 11.5 Å². The van der Waals surface area contributed by atoms with Crippen molar-refractivity contribution in [1.29, 1.82) is 0 Å². The number of likely N-dealkylation sites (tertiary alicyclic amines) is 2. The third-order valence-electron chi connectivity index (χ3n) is 8.06. The standard InChI is InChI=1S/C33H35N3O5S/c37-31(19-34-32(38)25-13-14-30-28(18-25)41-27-11-5-6-12-29(27)42-30)36-21-24(20-35-15-7-2-8-16-35)17-26(36)33(39)40-22-23-9-3-1-4-10-23/h1,3-6,9-14,18,24,26H,2,7-8,15-17,19-22H2,(H,34,38)/t24?,26-/m0/s1. The number of hydrogen-bond acceptors (Lipinski definition) is 7. The van der Waals surface area contributed by atoms with E-state index in [4.69, 9.17) is 9.47 Å². The number of rotatable bonds is 8. The van der Waals surface area contributed by atoms with E-state index in [2.05, 4.69) is 10.2 Å². The summed E-state index contributed by atoms with van der Waals surface area (Å²) >= 11 is 1.59. The average Bonchev–Trinajstić information content (AvgIpc) is 3.46. The van der Waals surface area contributed by atoms with E-state index in [9.17, 15) is 14.4 Å². The lowest BCUT2D eigenvalue weighted by Crippen LogP contribution is -2.46. The molecule has 218 valence electrons. The first-order valence-electron chi connectivity index (χ1n) is 14.6. The maximum absolute atomic E-state index is 13.4. The Hall–Kier alpha value is -3.82. The van der Waals surface area contributed by atoms with E-state index in [1.807, 2.05) is 60.7 Å². The van der Waals surface area contributed by atoms with Crippen LogP contribution in [0.1, 0.15) is 41.6 Å². The van der Waals surface area contributed by atoms with E-state index in [0.29, 0.717) is 24.3 Å². The first-order chi connectivity index (χ1) is 20.5. The molecule has 3 heterocycles. The predicted octanol–water partition coefficient (Wildman–Crippen LogP) is 5.12. The van der Waals surface area contributed by atoms with Crippen molar-refractivity contribution in [2.45, 2.75) is 48.1 Å². The van der Waals surface area contributed by atoms with Gasteiger partial charge in [0.2, 0.25) is 5.91 Å². The number of amides is 2. The Kier molecular flexibility index (Phi) is 8.76. The highest BCUT2D eigenvalue weighted by atomic mass is 32.2. The fourth-order valence-electron chi connectivity index (χ4n) is 5.91. The van der Waals surface area contributed by atoms with Crippen LogP contribution in [0.3, 0.4) is 0 Å². The average molecular weight is 586 g/mol. The number of hydrogen-bond donors (Lipinski definition) is 1. The first kappa shape index (κ1) is 28.3. The van der Waals surface area contributed by atoms with Crippen LogP contribution in [0.25, 0.3) is 0 Å². The Labute approximate surface area is 250 Å². The predicted molar refractivity (Wildman–Crippen MR) is 160 cm³/mol. The summed E-state index contributed by atoms with van der Waals surface area (Å²) in [4.78, 5) is 45.7. The van der Waals surface area contributed by atoms with E-state index >= 15 is 0 Å². The summed E-state index contributed by atoms with van der Waals surface area (Å²) in [6.07, 6.45) is 4.18. The van der Waals surface area contributed by atoms with Crippen LogP contribution in [0.15, 0.2) is 82.6 Å². The molecule has 42 heavy (non-hydrogen) atoms. The number of nitrogens with one attached hydrogen (secondary N) is 1. The number of piperidine rings is 1. The Morgan fingerprint density at radius 2 is 1.67 bits per heavy atom. The maximum atomic E-state index is 13.4. The maximum Gasteiger partial charge on any atom is 0.329 e. The molecular formula is C33H35N3O5S. The van der Waals surface area contributed by atoms with Crippen LogP contribution in [-0.2, 0) is 20.9 Å². The summed E-state index contributed by atoms with van der Waals surface area (Å²) in [5.41, 5.74) is 1.31. The van der Waals surface area contributed by atoms with Gasteiger partial charge in [0.15, 0.2) is 0 Å². The molecule has 3 aliphatic rings. The van der Waals surface area contributed by atoms with Crippen molar-refractivity contribution in [2.75, 3.05) is 32.7 Å². The van der Waals surface area contributed by atoms with Gasteiger partial charge in [0.05, 0.1) is 16.3 Å². The zero-order chi connectivity index (χ0) is 28.9. The van der Waals surface area contributed by atoms with Crippen LogP contribution in [0.5, 0.6) is 11.5 Å². The summed E-state index contributed by atoms with van der Waals surface area (Å²) in [5, 5.41) is 2.76. The molecule has 0 aliphatic carbocycles. The molecule has 3 aromatic carbocycles. The van der Waals surface area contributed by atoms with Gasteiger partial charge < -0.3 is 24.6 Å². The number of para-hydroxylation sites is 1. The summed E-state index contributed by atoms with van der Waals surface area (Å²) in [5.74, 6) is 0.482. The van der Waals surface area contributed by atoms with Gasteiger partial charge in [-0.3, -0.25) is 9.59 Å². The molecule has 1 unspecified atom stereocenters. The molecule has 3 aliphatic heterocycles. The zero-order valence-corrected chi connectivity index (χ0v) is 24.3. The minimum Gasteiger partial charge on any atom is -0.459 e. The monoisotopic (exact) mass is 585 g/mol. The molecular weight excluding hydrogens is 550 g/mol. The lowest BCUT2D eigenvalue weighted by atomic mass is 10.0. The largest absolute Gasteiger partial charge is 0.459 e. The smallest absolute Gasteiger partial charge is 0.329 e. The van der Waals surface area contributed by atoms with Crippen molar-refractivity contribution in [3.63, 3.8) is 0 Å². The number of fused-ring (bicyclic) bond motifs is 2. The second kappa shape index (κ2) is 13.0. The van der Waals surface area contributed by atoms with Gasteiger partial charge >= 0.3 is 5.97 Å². The molecule has 0 radical (unpaired) electrons. The van der Waals surface area contributed by atoms with E-state index < -0.39 is 12.0 Å². The Bertz CT molecular complexity index is 1440. The van der Waals surface area contributed by atoms with Gasteiger partial charge in [0.25, 0.3) is 5.91 Å². The highest BCUT2D eigenvalue weighted by Crippen LogP contribution is 2.46. The summed E-state index contributed by atoms with van der Waals surface area (Å²) in [6.45, 7) is 3.40. The Morgan fingerprint density at radius 3 is 2.50 bits per heavy atom. The quantitative estimate of drug-likeness (QED) is 0.287. The number of nitrogens with zero attached hydrogens (tertiary/aromatic N) is 2. The zero-order valence-electron chi connectivity index (χ0n) is 23.5. The molecule has 0 aromatic heterocycles. The fraction of sp³-hybridized carbons (Fsp3) is 0.364. The SMILES string of the molecule is O=C(NCC(=O)N1CC(CN2CCCCC2)C[C@H]1C(=O)OCc1ccccc1)c1ccc2c(c1)Oc1ccccc1S2. The third-order valence-corrected chi connectivity index (χ3v) is 9.18. The van der Waals surface area contributed by atoms with Crippen molar-refractivity contribution < 1.29 is 23.9 Å². The molecule has 0 saturated carbocycles. The number of carbonyl (C=O) groups is 3. The molecule has 2 amide bonds. The Morgan fingerprint density at radius 1 is 0.905 bits per heavy atom. The summed E-state index contributed by atoms with van der Waals surface area (Å²) < 4.78 is 11.7. The van der Waals surface area contributed by atoms with Gasteiger partial charge in [-0.25, -0.2) is 4.79 Å². The highest BCUT2D eigenvalue weighted by molar-refractivity contribution is 7.99. The van der Waals surface area contributed by atoms with Crippen molar-refractivity contribution in [1.82, 2.24) is 15.1 Å². The van der Waals surface area contributed by atoms with Crippen molar-refractivity contribution >= 4 is 29.5 Å². The number of esters is 1. The van der Waals surface area contributed by atoms with Crippen LogP contribution in [-0.4, -0.2) is 66.3 Å². The van der Waals surface area contributed by atoms with E-state index in [-0.39, 0.29) is 30.9 Å². The molecule has 8 nitrogen and oxygen atoms in total. The molecule has 0 spiro atoms. The second-order valence-corrected chi connectivity index (χ2v) is 12.2. The lowest BCUT2D eigenvalue weighted by Gasteiger charge is -2.28. The van der Waals surface area contributed by atoms with Gasteiger partial charge in [0, 0.05) is 18.7 Å². The van der Waals surface area contributed by atoms with Crippen molar-refractivity contribution in [2.24, 2.45) is 5.92 Å². The summed E-state index contributed by atoms with van der Waals surface area (Å²) in [7, 11) is 0. The van der Waals surface area contributed by atoms with Gasteiger partial charge in [-0.15, -0.1) is 0 Å². The highest BCUT2D eigenvalue weighted by Gasteiger charge is 2.41. The molecule has 2 saturated heterocycles. The van der Waals surface area contributed by atoms with Crippen LogP contribution in [0.2, 0.25) is 0 Å². The molecule has 9 heteroatoms. The number of carbonyl (C=O) groups excluding carboxylic acids is 3. The van der Waals surface area contributed by atoms with Crippen LogP contribution >= 0.6 is 11.8 Å². The molecule has 0 bridgehead atoms. The van der Waals surface area contributed by atoms with E-state index in [1.165, 1.54) is 19.3 Å². The molecule has 6 rings (SSSR count). The van der Waals surface area contributed by atoms with Crippen LogP contribution < -0.4 is 10.1 Å². The van der Waals surface area contributed by atoms with Crippen LogP contribution in [0.4, 0.5) is 0 Å². The second-order valence-electron chi connectivity index (χ2n) is 11.1. The molecule has 3 aromatic rings. The van der Waals surface area contributed by atoms with E-state index in [0.717, 1.165) is 40.7 Å². The van der Waals surface area contributed by atoms with Crippen LogP contribution in [0, 0.1) is 5.92 Å². The summed E-state index contributed by atoms with van der Waals surface area (Å²) in [6, 6.07) is 21.9. The minimum atomic E-state index is -0.665. The van der Waals surface area contributed by atoms with Gasteiger partial charge in [-0.05, 0) is 74.2 Å². The number of ether oxygens (including phenoxy) is 2. The molecule has 2 atom stereocenters. The fourth-order valence-corrected chi connectivity index (χ4v) is 6.85. The lowest BCUT2D eigenvalue weighted by molar-refractivity contribution is -0.154. The Balaban J connectivity index is 1.09. The van der Waals surface area contributed by atoms with Crippen molar-refractivity contribution in [3.05, 3.63) is 83.9 Å².